The van der Waals surface area contributed by atoms with Crippen LogP contribution >= 0.6 is 11.3 Å². The molecule has 0 radical (unpaired) electrons. The molecule has 6 nitrogen and oxygen atoms in total. The Morgan fingerprint density at radius 2 is 2.23 bits per heavy atom. The summed E-state index contributed by atoms with van der Waals surface area (Å²) in [5.74, 6) is 0.0184. The lowest BCUT2D eigenvalue weighted by Gasteiger charge is -1.98. The molecule has 0 fully saturated rings. The molecule has 0 unspecified atom stereocenters. The van der Waals surface area contributed by atoms with Crippen molar-refractivity contribution in [1.82, 2.24) is 10.2 Å². The van der Waals surface area contributed by atoms with Gasteiger partial charge in [-0.15, -0.1) is 10.2 Å². The van der Waals surface area contributed by atoms with Crippen LogP contribution in [0.15, 0.2) is 0 Å². The third kappa shape index (κ3) is 2.90. The lowest BCUT2D eigenvalue weighted by atomic mass is 10.7. The molecular weight excluding hydrogens is 212 g/mol. The van der Waals surface area contributed by atoms with Gasteiger partial charge in [0.1, 0.15) is 5.01 Å². The fourth-order valence-electron chi connectivity index (χ4n) is 0.583. The summed E-state index contributed by atoms with van der Waals surface area (Å²) in [6.45, 7) is 1.82. The highest BCUT2D eigenvalue weighted by molar-refractivity contribution is 7.92. The second kappa shape index (κ2) is 3.99. The monoisotopic (exact) mass is 222 g/mol. The van der Waals surface area contributed by atoms with Crippen LogP contribution in [0.1, 0.15) is 11.9 Å². The molecule has 1 rings (SSSR count). The van der Waals surface area contributed by atoms with Gasteiger partial charge < -0.3 is 5.73 Å². The predicted octanol–water partition coefficient (Wildman–Crippen LogP) is -0.242. The molecule has 0 aromatic carbocycles. The highest BCUT2D eigenvalue weighted by Crippen LogP contribution is 2.15. The molecule has 8 heteroatoms. The fraction of sp³-hybridized carbons (Fsp3) is 0.600. The van der Waals surface area contributed by atoms with Crippen LogP contribution in [0.4, 0.5) is 5.13 Å². The van der Waals surface area contributed by atoms with E-state index in [9.17, 15) is 8.42 Å². The van der Waals surface area contributed by atoms with Gasteiger partial charge in [-0.2, -0.15) is 0 Å². The van der Waals surface area contributed by atoms with Crippen molar-refractivity contribution in [2.24, 2.45) is 5.73 Å². The lowest BCUT2D eigenvalue weighted by Crippen LogP contribution is -2.14. The van der Waals surface area contributed by atoms with Crippen molar-refractivity contribution in [3.63, 3.8) is 0 Å². The minimum atomic E-state index is -3.25. The Labute approximate surface area is 80.2 Å². The molecule has 13 heavy (non-hydrogen) atoms. The molecule has 0 atom stereocenters. The normalized spacial score (nSPS) is 11.5. The average Bonchev–Trinajstić information content (AvgIpc) is 2.52. The van der Waals surface area contributed by atoms with Gasteiger partial charge in [-0.25, -0.2) is 8.42 Å². The van der Waals surface area contributed by atoms with E-state index in [1.54, 1.807) is 6.92 Å². The van der Waals surface area contributed by atoms with E-state index in [2.05, 4.69) is 14.9 Å². The van der Waals surface area contributed by atoms with Crippen molar-refractivity contribution in [2.45, 2.75) is 13.5 Å². The van der Waals surface area contributed by atoms with Crippen molar-refractivity contribution < 1.29 is 8.42 Å². The highest BCUT2D eigenvalue weighted by atomic mass is 32.2. The Bertz CT molecular complexity index is 372. The number of hydrogen-bond acceptors (Lipinski definition) is 6. The SMILES string of the molecule is CCS(=O)(=O)Nc1nnc(CN)s1. The van der Waals surface area contributed by atoms with E-state index >= 15 is 0 Å². The van der Waals surface area contributed by atoms with Crippen LogP contribution in [0.2, 0.25) is 0 Å². The number of nitrogens with zero attached hydrogens (tertiary/aromatic N) is 2. The first-order chi connectivity index (χ1) is 6.07. The zero-order chi connectivity index (χ0) is 9.90. The van der Waals surface area contributed by atoms with Crippen LogP contribution in [0.5, 0.6) is 0 Å². The topological polar surface area (TPSA) is 98.0 Å². The summed E-state index contributed by atoms with van der Waals surface area (Å²) in [4.78, 5) is 0. The molecule has 0 amide bonds. The molecule has 0 saturated carbocycles. The molecule has 0 aliphatic carbocycles. The summed E-state index contributed by atoms with van der Waals surface area (Å²) >= 11 is 1.14. The van der Waals surface area contributed by atoms with Gasteiger partial charge in [-0.05, 0) is 6.92 Å². The molecule has 74 valence electrons. The van der Waals surface area contributed by atoms with Crippen LogP contribution in [0.3, 0.4) is 0 Å². The summed E-state index contributed by atoms with van der Waals surface area (Å²) in [6, 6.07) is 0. The molecule has 0 aliphatic heterocycles. The number of hydrogen-bond donors (Lipinski definition) is 2. The van der Waals surface area contributed by atoms with Gasteiger partial charge in [0.15, 0.2) is 0 Å². The van der Waals surface area contributed by atoms with Gasteiger partial charge in [-0.1, -0.05) is 11.3 Å². The maximum absolute atomic E-state index is 11.1. The molecular formula is C5H10N4O2S2. The average molecular weight is 222 g/mol. The minimum absolute atomic E-state index is 0.0184. The van der Waals surface area contributed by atoms with Crippen LogP contribution in [-0.2, 0) is 16.6 Å². The number of nitrogens with one attached hydrogen (secondary N) is 1. The van der Waals surface area contributed by atoms with Crippen molar-refractivity contribution >= 4 is 26.5 Å². The van der Waals surface area contributed by atoms with E-state index in [0.29, 0.717) is 5.01 Å². The molecule has 0 saturated heterocycles. The minimum Gasteiger partial charge on any atom is -0.324 e. The van der Waals surface area contributed by atoms with Gasteiger partial charge in [0.2, 0.25) is 15.2 Å². The summed E-state index contributed by atoms with van der Waals surface area (Å²) < 4.78 is 24.4. The van der Waals surface area contributed by atoms with Crippen LogP contribution < -0.4 is 10.5 Å². The van der Waals surface area contributed by atoms with E-state index < -0.39 is 10.0 Å². The van der Waals surface area contributed by atoms with Crippen molar-refractivity contribution in [3.8, 4) is 0 Å². The summed E-state index contributed by atoms with van der Waals surface area (Å²) in [5.41, 5.74) is 5.29. The Balaban J connectivity index is 2.75. The van der Waals surface area contributed by atoms with Crippen LogP contribution in [0.25, 0.3) is 0 Å². The highest BCUT2D eigenvalue weighted by Gasteiger charge is 2.10. The number of anilines is 1. The first kappa shape index (κ1) is 10.4. The fourth-order valence-corrected chi connectivity index (χ4v) is 2.05. The third-order valence-electron chi connectivity index (χ3n) is 1.26. The third-order valence-corrected chi connectivity index (χ3v) is 3.52. The summed E-state index contributed by atoms with van der Waals surface area (Å²) in [7, 11) is -3.25. The van der Waals surface area contributed by atoms with Gasteiger partial charge in [0, 0.05) is 6.54 Å². The van der Waals surface area contributed by atoms with E-state index in [1.165, 1.54) is 0 Å². The maximum atomic E-state index is 11.1. The summed E-state index contributed by atoms with van der Waals surface area (Å²) in [5, 5.41) is 8.16. The van der Waals surface area contributed by atoms with Gasteiger partial charge in [-0.3, -0.25) is 4.72 Å². The lowest BCUT2D eigenvalue weighted by molar-refractivity contribution is 0.602. The molecule has 1 aromatic heterocycles. The quantitative estimate of drug-likeness (QED) is 0.732. The second-order valence-corrected chi connectivity index (χ2v) is 5.28. The zero-order valence-corrected chi connectivity index (χ0v) is 8.65. The largest absolute Gasteiger partial charge is 0.324 e. The van der Waals surface area contributed by atoms with Crippen molar-refractivity contribution in [3.05, 3.63) is 5.01 Å². The van der Waals surface area contributed by atoms with Gasteiger partial charge in [0.05, 0.1) is 5.75 Å². The van der Waals surface area contributed by atoms with Gasteiger partial charge in [0.25, 0.3) is 0 Å². The van der Waals surface area contributed by atoms with E-state index in [4.69, 9.17) is 5.73 Å². The van der Waals surface area contributed by atoms with Crippen LogP contribution in [-0.4, -0.2) is 24.4 Å². The first-order valence-corrected chi connectivity index (χ1v) is 6.07. The van der Waals surface area contributed by atoms with Crippen molar-refractivity contribution in [1.29, 1.82) is 0 Å². The van der Waals surface area contributed by atoms with Gasteiger partial charge >= 0.3 is 0 Å². The van der Waals surface area contributed by atoms with E-state index in [-0.39, 0.29) is 17.4 Å². The number of rotatable bonds is 4. The molecule has 0 bridgehead atoms. The molecule has 0 spiro atoms. The second-order valence-electron chi connectivity index (χ2n) is 2.21. The first-order valence-electron chi connectivity index (χ1n) is 3.60. The molecule has 1 aromatic rings. The molecule has 0 aliphatic rings. The number of nitrogens with two attached hydrogens (primary N) is 1. The maximum Gasteiger partial charge on any atom is 0.234 e. The standard InChI is InChI=1S/C5H10N4O2S2/c1-2-13(10,11)9-5-8-7-4(3-6)12-5/h2-3,6H2,1H3,(H,8,9). The Morgan fingerprint density at radius 3 is 2.69 bits per heavy atom. The Kier molecular flexibility index (Phi) is 3.17. The number of sulfonamides is 1. The zero-order valence-electron chi connectivity index (χ0n) is 7.02. The Hall–Kier alpha value is -0.730. The molecule has 1 heterocycles. The van der Waals surface area contributed by atoms with Crippen molar-refractivity contribution in [2.75, 3.05) is 10.5 Å². The van der Waals surface area contributed by atoms with Crippen LogP contribution in [0, 0.1) is 0 Å². The van der Waals surface area contributed by atoms with E-state index in [1.807, 2.05) is 0 Å². The predicted molar refractivity (Wildman–Crippen MR) is 50.9 cm³/mol. The smallest absolute Gasteiger partial charge is 0.234 e. The number of aromatic nitrogens is 2. The summed E-state index contributed by atoms with van der Waals surface area (Å²) in [6.07, 6.45) is 0. The Morgan fingerprint density at radius 1 is 1.54 bits per heavy atom. The van der Waals surface area contributed by atoms with E-state index in [0.717, 1.165) is 11.3 Å². The molecule has 3 N–H and O–H groups in total.